The Bertz CT molecular complexity index is 1190. The quantitative estimate of drug-likeness (QED) is 0.549. The first kappa shape index (κ1) is 16.5. The molecule has 2 aromatic carbocycles. The summed E-state index contributed by atoms with van der Waals surface area (Å²) in [7, 11) is 0. The van der Waals surface area contributed by atoms with Crippen LogP contribution >= 0.6 is 0 Å². The van der Waals surface area contributed by atoms with Gasteiger partial charge in [0.05, 0.1) is 17.3 Å². The summed E-state index contributed by atoms with van der Waals surface area (Å²) in [4.78, 5) is 17.6. The van der Waals surface area contributed by atoms with E-state index < -0.39 is 0 Å². The van der Waals surface area contributed by atoms with Crippen molar-refractivity contribution < 1.29 is 0 Å². The van der Waals surface area contributed by atoms with Gasteiger partial charge >= 0.3 is 0 Å². The average molecular weight is 349 g/mol. The molecule has 27 heavy (non-hydrogen) atoms. The van der Waals surface area contributed by atoms with E-state index in [0.29, 0.717) is 16.7 Å². The van der Waals surface area contributed by atoms with Crippen molar-refractivity contribution in [3.8, 4) is 34.1 Å². The molecular formula is C23H15N3O. The molecule has 0 aliphatic carbocycles. The van der Waals surface area contributed by atoms with E-state index in [9.17, 15) is 10.1 Å². The molecule has 0 spiro atoms. The van der Waals surface area contributed by atoms with Crippen molar-refractivity contribution in [2.75, 3.05) is 0 Å². The number of rotatable bonds is 3. The first-order chi connectivity index (χ1) is 13.3. The van der Waals surface area contributed by atoms with Crippen LogP contribution in [0.4, 0.5) is 0 Å². The maximum absolute atomic E-state index is 13.5. The van der Waals surface area contributed by atoms with Crippen LogP contribution in [0.5, 0.6) is 0 Å². The predicted molar refractivity (Wildman–Crippen MR) is 105 cm³/mol. The molecule has 128 valence electrons. The first-order valence-corrected chi connectivity index (χ1v) is 8.51. The standard InChI is InChI=1S/C23H15N3O/c24-15-17-7-4-5-11-20(17)21-12-13-22(18-8-6-14-25-16-18)26(23(21)27)19-9-2-1-3-10-19/h1-14,16H. The molecule has 0 aliphatic rings. The molecule has 4 heteroatoms. The summed E-state index contributed by atoms with van der Waals surface area (Å²) in [6, 6.07) is 26.2. The van der Waals surface area contributed by atoms with Crippen LogP contribution in [0.25, 0.3) is 28.1 Å². The molecule has 0 N–H and O–H groups in total. The summed E-state index contributed by atoms with van der Waals surface area (Å²) in [5.41, 5.74) is 3.78. The zero-order valence-corrected chi connectivity index (χ0v) is 14.4. The first-order valence-electron chi connectivity index (χ1n) is 8.51. The van der Waals surface area contributed by atoms with Crippen molar-refractivity contribution in [2.45, 2.75) is 0 Å². The average Bonchev–Trinajstić information content (AvgIpc) is 2.75. The van der Waals surface area contributed by atoms with Gasteiger partial charge in [0.25, 0.3) is 5.56 Å². The number of hydrogen-bond acceptors (Lipinski definition) is 3. The molecule has 0 saturated carbocycles. The molecule has 0 atom stereocenters. The highest BCUT2D eigenvalue weighted by Crippen LogP contribution is 2.25. The third-order valence-electron chi connectivity index (χ3n) is 4.39. The van der Waals surface area contributed by atoms with E-state index in [2.05, 4.69) is 11.1 Å². The van der Waals surface area contributed by atoms with Gasteiger partial charge in [-0.1, -0.05) is 36.4 Å². The van der Waals surface area contributed by atoms with Crippen molar-refractivity contribution in [3.63, 3.8) is 0 Å². The molecule has 0 saturated heterocycles. The van der Waals surface area contributed by atoms with Crippen LogP contribution in [0, 0.1) is 11.3 Å². The largest absolute Gasteiger partial charge is 0.276 e. The Morgan fingerprint density at radius 2 is 1.59 bits per heavy atom. The number of hydrogen-bond donors (Lipinski definition) is 0. The normalized spacial score (nSPS) is 10.3. The van der Waals surface area contributed by atoms with E-state index in [4.69, 9.17) is 0 Å². The van der Waals surface area contributed by atoms with Crippen LogP contribution in [0.15, 0.2) is 96.1 Å². The van der Waals surface area contributed by atoms with E-state index >= 15 is 0 Å². The van der Waals surface area contributed by atoms with Gasteiger partial charge in [-0.3, -0.25) is 14.3 Å². The van der Waals surface area contributed by atoms with Gasteiger partial charge in [-0.2, -0.15) is 5.26 Å². The highest BCUT2D eigenvalue weighted by Gasteiger charge is 2.15. The topological polar surface area (TPSA) is 58.7 Å². The van der Waals surface area contributed by atoms with E-state index in [-0.39, 0.29) is 5.56 Å². The van der Waals surface area contributed by atoms with Crippen LogP contribution in [-0.2, 0) is 0 Å². The van der Waals surface area contributed by atoms with E-state index in [0.717, 1.165) is 16.9 Å². The summed E-state index contributed by atoms with van der Waals surface area (Å²) >= 11 is 0. The third kappa shape index (κ3) is 3.03. The van der Waals surface area contributed by atoms with Gasteiger partial charge in [-0.25, -0.2) is 0 Å². The summed E-state index contributed by atoms with van der Waals surface area (Å²) in [5.74, 6) is 0. The van der Waals surface area contributed by atoms with Gasteiger partial charge in [0.1, 0.15) is 0 Å². The second-order valence-electron chi connectivity index (χ2n) is 6.01. The van der Waals surface area contributed by atoms with Crippen LogP contribution in [0.2, 0.25) is 0 Å². The lowest BCUT2D eigenvalue weighted by Gasteiger charge is -2.15. The zero-order valence-electron chi connectivity index (χ0n) is 14.4. The molecule has 4 nitrogen and oxygen atoms in total. The van der Waals surface area contributed by atoms with Gasteiger partial charge in [0, 0.05) is 34.8 Å². The number of nitriles is 1. The van der Waals surface area contributed by atoms with Crippen molar-refractivity contribution in [1.29, 1.82) is 5.26 Å². The Hall–Kier alpha value is -3.97. The fourth-order valence-corrected chi connectivity index (χ4v) is 3.13. The number of para-hydroxylation sites is 1. The van der Waals surface area contributed by atoms with Crippen LogP contribution in [-0.4, -0.2) is 9.55 Å². The number of pyridine rings is 2. The Morgan fingerprint density at radius 3 is 2.33 bits per heavy atom. The smallest absolute Gasteiger partial charge is 0.263 e. The van der Waals surface area contributed by atoms with Crippen molar-refractivity contribution in [2.24, 2.45) is 0 Å². The molecule has 0 fully saturated rings. The Balaban J connectivity index is 2.04. The second kappa shape index (κ2) is 7.11. The molecule has 4 rings (SSSR count). The highest BCUT2D eigenvalue weighted by molar-refractivity contribution is 5.73. The summed E-state index contributed by atoms with van der Waals surface area (Å²) in [6.07, 6.45) is 3.43. The third-order valence-corrected chi connectivity index (χ3v) is 4.39. The van der Waals surface area contributed by atoms with Gasteiger partial charge < -0.3 is 0 Å². The lowest BCUT2D eigenvalue weighted by atomic mass is 10.0. The maximum atomic E-state index is 13.5. The fourth-order valence-electron chi connectivity index (χ4n) is 3.13. The van der Waals surface area contributed by atoms with Crippen LogP contribution in [0.3, 0.4) is 0 Å². The molecule has 0 amide bonds. The van der Waals surface area contributed by atoms with Crippen molar-refractivity contribution in [1.82, 2.24) is 9.55 Å². The minimum atomic E-state index is -0.176. The molecule has 0 unspecified atom stereocenters. The Morgan fingerprint density at radius 1 is 0.815 bits per heavy atom. The fraction of sp³-hybridized carbons (Fsp3) is 0. The Labute approximate surface area is 156 Å². The van der Waals surface area contributed by atoms with Gasteiger partial charge in [-0.05, 0) is 42.5 Å². The second-order valence-corrected chi connectivity index (χ2v) is 6.01. The van der Waals surface area contributed by atoms with Crippen LogP contribution in [0.1, 0.15) is 5.56 Å². The van der Waals surface area contributed by atoms with Crippen molar-refractivity contribution in [3.05, 3.63) is 107 Å². The monoisotopic (exact) mass is 349 g/mol. The van der Waals surface area contributed by atoms with E-state index in [1.807, 2.05) is 54.6 Å². The van der Waals surface area contributed by atoms with E-state index in [1.165, 1.54) is 0 Å². The number of aromatic nitrogens is 2. The minimum Gasteiger partial charge on any atom is -0.276 e. The Kier molecular flexibility index (Phi) is 4.34. The molecule has 0 bridgehead atoms. The van der Waals surface area contributed by atoms with Gasteiger partial charge in [0.15, 0.2) is 0 Å². The molecule has 2 aromatic heterocycles. The number of nitrogens with zero attached hydrogens (tertiary/aromatic N) is 3. The SMILES string of the molecule is N#Cc1ccccc1-c1ccc(-c2cccnc2)n(-c2ccccc2)c1=O. The molecule has 0 radical (unpaired) electrons. The molecule has 2 heterocycles. The van der Waals surface area contributed by atoms with Gasteiger partial charge in [0.2, 0.25) is 0 Å². The van der Waals surface area contributed by atoms with E-state index in [1.54, 1.807) is 41.2 Å². The molecular weight excluding hydrogens is 334 g/mol. The number of benzene rings is 2. The van der Waals surface area contributed by atoms with Crippen LogP contribution < -0.4 is 5.56 Å². The lowest BCUT2D eigenvalue weighted by molar-refractivity contribution is 1.00. The predicted octanol–water partition coefficient (Wildman–Crippen LogP) is 4.44. The molecule has 0 aliphatic heterocycles. The zero-order chi connectivity index (χ0) is 18.6. The maximum Gasteiger partial charge on any atom is 0.263 e. The minimum absolute atomic E-state index is 0.176. The summed E-state index contributed by atoms with van der Waals surface area (Å²) < 4.78 is 1.67. The summed E-state index contributed by atoms with van der Waals surface area (Å²) in [5, 5.41) is 9.42. The lowest BCUT2D eigenvalue weighted by Crippen LogP contribution is -2.22. The van der Waals surface area contributed by atoms with Gasteiger partial charge in [-0.15, -0.1) is 0 Å². The summed E-state index contributed by atoms with van der Waals surface area (Å²) in [6.45, 7) is 0. The highest BCUT2D eigenvalue weighted by atomic mass is 16.1. The molecule has 4 aromatic rings. The van der Waals surface area contributed by atoms with Crippen molar-refractivity contribution >= 4 is 0 Å².